The number of hydrogen-bond donors (Lipinski definition) is 1. The fraction of sp³-hybridized carbons (Fsp3) is 0.526. The summed E-state index contributed by atoms with van der Waals surface area (Å²) in [7, 11) is 2.15. The van der Waals surface area contributed by atoms with Gasteiger partial charge in [-0.1, -0.05) is 23.4 Å². The molecule has 0 unspecified atom stereocenters. The molecule has 6 nitrogen and oxygen atoms in total. The molecule has 1 amide bonds. The average Bonchev–Trinajstić information content (AvgIpc) is 3.10. The molecule has 0 spiro atoms. The minimum Gasteiger partial charge on any atom is -0.356 e. The number of rotatable bonds is 7. The van der Waals surface area contributed by atoms with E-state index in [1.807, 2.05) is 30.3 Å². The van der Waals surface area contributed by atoms with Gasteiger partial charge in [0.2, 0.25) is 5.91 Å². The van der Waals surface area contributed by atoms with Crippen molar-refractivity contribution in [2.24, 2.45) is 5.92 Å². The van der Waals surface area contributed by atoms with E-state index in [2.05, 4.69) is 27.4 Å². The summed E-state index contributed by atoms with van der Waals surface area (Å²) >= 11 is 0. The van der Waals surface area contributed by atoms with Crippen LogP contribution in [0.2, 0.25) is 0 Å². The molecular weight excluding hydrogens is 316 g/mol. The van der Waals surface area contributed by atoms with Gasteiger partial charge in [-0.15, -0.1) is 0 Å². The minimum absolute atomic E-state index is 0.111. The number of carbonyl (C=O) groups excluding carboxylic acids is 1. The number of hydrogen-bond acceptors (Lipinski definition) is 5. The second kappa shape index (κ2) is 8.76. The van der Waals surface area contributed by atoms with Gasteiger partial charge in [-0.3, -0.25) is 4.79 Å². The third kappa shape index (κ3) is 5.39. The first-order valence-electron chi connectivity index (χ1n) is 9.04. The van der Waals surface area contributed by atoms with Crippen molar-refractivity contribution in [2.45, 2.75) is 32.1 Å². The monoisotopic (exact) mass is 342 g/mol. The number of aromatic nitrogens is 2. The van der Waals surface area contributed by atoms with Crippen molar-refractivity contribution in [3.63, 3.8) is 0 Å². The Morgan fingerprint density at radius 2 is 2.20 bits per heavy atom. The molecule has 0 aliphatic carbocycles. The number of nitrogens with one attached hydrogen (secondary N) is 1. The second-order valence-corrected chi connectivity index (χ2v) is 6.79. The summed E-state index contributed by atoms with van der Waals surface area (Å²) in [6.07, 6.45) is 4.62. The van der Waals surface area contributed by atoms with E-state index in [-0.39, 0.29) is 5.91 Å². The number of likely N-dealkylation sites (tertiary alicyclic amines) is 1. The molecule has 1 saturated heterocycles. The first-order valence-corrected chi connectivity index (χ1v) is 9.04. The molecule has 3 rings (SSSR count). The van der Waals surface area contributed by atoms with Crippen molar-refractivity contribution >= 4 is 5.91 Å². The smallest absolute Gasteiger partial charge is 0.257 e. The molecule has 0 radical (unpaired) electrons. The molecule has 1 aliphatic heterocycles. The van der Waals surface area contributed by atoms with E-state index in [1.54, 1.807) is 0 Å². The van der Waals surface area contributed by atoms with E-state index < -0.39 is 0 Å². The molecule has 1 aliphatic rings. The quantitative estimate of drug-likeness (QED) is 0.837. The first-order chi connectivity index (χ1) is 12.2. The van der Waals surface area contributed by atoms with Crippen LogP contribution >= 0.6 is 0 Å². The van der Waals surface area contributed by atoms with Crippen LogP contribution in [0.3, 0.4) is 0 Å². The highest BCUT2D eigenvalue weighted by molar-refractivity contribution is 5.75. The van der Waals surface area contributed by atoms with Crippen molar-refractivity contribution in [1.29, 1.82) is 0 Å². The van der Waals surface area contributed by atoms with Gasteiger partial charge >= 0.3 is 0 Å². The summed E-state index contributed by atoms with van der Waals surface area (Å²) in [5, 5.41) is 6.93. The predicted octanol–water partition coefficient (Wildman–Crippen LogP) is 2.52. The molecule has 134 valence electrons. The Kier molecular flexibility index (Phi) is 6.17. The molecule has 6 heteroatoms. The van der Waals surface area contributed by atoms with Crippen molar-refractivity contribution < 1.29 is 9.32 Å². The molecule has 2 heterocycles. The molecule has 1 aromatic heterocycles. The van der Waals surface area contributed by atoms with Gasteiger partial charge in [-0.05, 0) is 50.9 Å². The number of benzene rings is 1. The molecule has 1 aromatic carbocycles. The lowest BCUT2D eigenvalue weighted by atomic mass is 9.93. The number of piperidine rings is 1. The lowest BCUT2D eigenvalue weighted by Gasteiger charge is -2.29. The normalized spacial score (nSPS) is 18.2. The molecule has 1 fully saturated rings. The van der Waals surface area contributed by atoms with Crippen LogP contribution in [0.4, 0.5) is 0 Å². The van der Waals surface area contributed by atoms with Crippen LogP contribution in [0.5, 0.6) is 0 Å². The van der Waals surface area contributed by atoms with Gasteiger partial charge in [-0.2, -0.15) is 4.98 Å². The second-order valence-electron chi connectivity index (χ2n) is 6.79. The molecule has 0 bridgehead atoms. The molecule has 2 aromatic rings. The highest BCUT2D eigenvalue weighted by Gasteiger charge is 2.18. The van der Waals surface area contributed by atoms with Crippen LogP contribution in [0, 0.1) is 5.92 Å². The summed E-state index contributed by atoms with van der Waals surface area (Å²) in [5.41, 5.74) is 0.905. The highest BCUT2D eigenvalue weighted by atomic mass is 16.5. The summed E-state index contributed by atoms with van der Waals surface area (Å²) in [5.74, 6) is 1.89. The maximum Gasteiger partial charge on any atom is 0.257 e. The molecule has 0 saturated carbocycles. The van der Waals surface area contributed by atoms with Crippen LogP contribution in [0.25, 0.3) is 11.5 Å². The van der Waals surface area contributed by atoms with Gasteiger partial charge in [-0.25, -0.2) is 0 Å². The summed E-state index contributed by atoms with van der Waals surface area (Å²) in [4.78, 5) is 18.7. The predicted molar refractivity (Wildman–Crippen MR) is 95.9 cm³/mol. The molecule has 25 heavy (non-hydrogen) atoms. The fourth-order valence-electron chi connectivity index (χ4n) is 3.30. The van der Waals surface area contributed by atoms with Crippen LogP contribution in [0.1, 0.15) is 31.5 Å². The topological polar surface area (TPSA) is 71.3 Å². The molecule has 1 N–H and O–H groups in total. The Morgan fingerprint density at radius 3 is 3.00 bits per heavy atom. The lowest BCUT2D eigenvalue weighted by Crippen LogP contribution is -2.33. The van der Waals surface area contributed by atoms with E-state index in [9.17, 15) is 4.79 Å². The molecular formula is C19H26N4O2. The zero-order valence-electron chi connectivity index (χ0n) is 14.8. The number of carbonyl (C=O) groups is 1. The van der Waals surface area contributed by atoms with Gasteiger partial charge < -0.3 is 14.7 Å². The Balaban J connectivity index is 1.36. The van der Waals surface area contributed by atoms with Crippen molar-refractivity contribution in [2.75, 3.05) is 26.7 Å². The van der Waals surface area contributed by atoms with E-state index in [1.165, 1.54) is 19.4 Å². The zero-order valence-corrected chi connectivity index (χ0v) is 14.8. The summed E-state index contributed by atoms with van der Waals surface area (Å²) < 4.78 is 5.27. The number of amides is 1. The Labute approximate surface area is 148 Å². The highest BCUT2D eigenvalue weighted by Crippen LogP contribution is 2.19. The SMILES string of the molecule is CN1CCC[C@@H](CCC(=O)NCCc2noc(-c3ccccc3)n2)C1. The van der Waals surface area contributed by atoms with E-state index in [0.29, 0.717) is 37.0 Å². The Hall–Kier alpha value is -2.21. The third-order valence-corrected chi connectivity index (χ3v) is 4.66. The van der Waals surface area contributed by atoms with Crippen molar-refractivity contribution in [1.82, 2.24) is 20.4 Å². The Bertz CT molecular complexity index is 671. The fourth-order valence-corrected chi connectivity index (χ4v) is 3.30. The van der Waals surface area contributed by atoms with Crippen LogP contribution in [-0.4, -0.2) is 47.6 Å². The first kappa shape index (κ1) is 17.6. The summed E-state index contributed by atoms with van der Waals surface area (Å²) in [6.45, 7) is 2.83. The van der Waals surface area contributed by atoms with E-state index >= 15 is 0 Å². The summed E-state index contributed by atoms with van der Waals surface area (Å²) in [6, 6.07) is 9.68. The molecule has 1 atom stereocenters. The van der Waals surface area contributed by atoms with Gasteiger partial charge in [0.05, 0.1) is 0 Å². The Morgan fingerprint density at radius 1 is 1.36 bits per heavy atom. The van der Waals surface area contributed by atoms with Gasteiger partial charge in [0.1, 0.15) is 0 Å². The third-order valence-electron chi connectivity index (χ3n) is 4.66. The van der Waals surface area contributed by atoms with E-state index in [4.69, 9.17) is 4.52 Å². The minimum atomic E-state index is 0.111. The van der Waals surface area contributed by atoms with Gasteiger partial charge in [0, 0.05) is 31.5 Å². The zero-order chi connectivity index (χ0) is 17.5. The van der Waals surface area contributed by atoms with Gasteiger partial charge in [0.25, 0.3) is 5.89 Å². The van der Waals surface area contributed by atoms with Crippen LogP contribution in [0.15, 0.2) is 34.9 Å². The van der Waals surface area contributed by atoms with Crippen LogP contribution < -0.4 is 5.32 Å². The lowest BCUT2D eigenvalue weighted by molar-refractivity contribution is -0.121. The average molecular weight is 342 g/mol. The maximum absolute atomic E-state index is 12.0. The van der Waals surface area contributed by atoms with Crippen molar-refractivity contribution in [3.8, 4) is 11.5 Å². The standard InChI is InChI=1S/C19H26N4O2/c1-23-13-5-6-15(14-23)9-10-18(24)20-12-11-17-21-19(25-22-17)16-7-3-2-4-8-16/h2-4,7-8,15H,5-6,9-14H2,1H3,(H,20,24)/t15-/m0/s1. The van der Waals surface area contributed by atoms with Gasteiger partial charge in [0.15, 0.2) is 5.82 Å². The van der Waals surface area contributed by atoms with Crippen molar-refractivity contribution in [3.05, 3.63) is 36.2 Å². The largest absolute Gasteiger partial charge is 0.356 e. The van der Waals surface area contributed by atoms with Crippen LogP contribution in [-0.2, 0) is 11.2 Å². The van der Waals surface area contributed by atoms with E-state index in [0.717, 1.165) is 18.5 Å². The number of nitrogens with zero attached hydrogens (tertiary/aromatic N) is 3. The maximum atomic E-state index is 12.0.